The zero-order chi connectivity index (χ0) is 22.9. The number of ether oxygens (including phenoxy) is 4. The van der Waals surface area contributed by atoms with Crippen molar-refractivity contribution in [3.8, 4) is 0 Å². The zero-order valence-electron chi connectivity index (χ0n) is 18.8. The molecule has 0 aliphatic carbocycles. The van der Waals surface area contributed by atoms with Crippen molar-refractivity contribution in [1.29, 1.82) is 0 Å². The summed E-state index contributed by atoms with van der Waals surface area (Å²) < 4.78 is 25.0. The first-order valence-corrected chi connectivity index (χ1v) is 11.3. The molecule has 0 saturated carbocycles. The van der Waals surface area contributed by atoms with E-state index < -0.39 is 24.4 Å². The Morgan fingerprint density at radius 1 is 0.636 bits per heavy atom. The van der Waals surface area contributed by atoms with E-state index in [2.05, 4.69) is 0 Å². The average molecular weight is 447 g/mol. The van der Waals surface area contributed by atoms with Gasteiger partial charge in [0.15, 0.2) is 6.29 Å². The highest BCUT2D eigenvalue weighted by atomic mass is 16.6. The Morgan fingerprint density at radius 2 is 1.03 bits per heavy atom. The van der Waals surface area contributed by atoms with E-state index in [-0.39, 0.29) is 6.10 Å². The molecule has 5 heteroatoms. The van der Waals surface area contributed by atoms with Crippen molar-refractivity contribution in [1.82, 2.24) is 0 Å². The molecule has 1 heterocycles. The van der Waals surface area contributed by atoms with Crippen LogP contribution in [-0.4, -0.2) is 36.8 Å². The monoisotopic (exact) mass is 446 g/mol. The van der Waals surface area contributed by atoms with Crippen molar-refractivity contribution in [2.24, 2.45) is 0 Å². The van der Waals surface area contributed by atoms with Crippen molar-refractivity contribution in [3.05, 3.63) is 108 Å². The number of benzene rings is 3. The lowest BCUT2D eigenvalue weighted by molar-refractivity contribution is -0.253. The van der Waals surface area contributed by atoms with Crippen molar-refractivity contribution in [2.75, 3.05) is 0 Å². The van der Waals surface area contributed by atoms with E-state index in [9.17, 15) is 4.79 Å². The number of carbonyl (C=O) groups excluding carboxylic acids is 1. The van der Waals surface area contributed by atoms with Gasteiger partial charge in [-0.25, -0.2) is 0 Å². The molecule has 0 amide bonds. The summed E-state index contributed by atoms with van der Waals surface area (Å²) in [7, 11) is 0. The summed E-state index contributed by atoms with van der Waals surface area (Å²) in [6, 6.07) is 29.8. The van der Waals surface area contributed by atoms with Gasteiger partial charge in [0.25, 0.3) is 0 Å². The van der Waals surface area contributed by atoms with Crippen LogP contribution in [0.5, 0.6) is 0 Å². The third-order valence-corrected chi connectivity index (χ3v) is 5.80. The van der Waals surface area contributed by atoms with Gasteiger partial charge >= 0.3 is 0 Å². The molecule has 0 bridgehead atoms. The van der Waals surface area contributed by atoms with Gasteiger partial charge in [-0.2, -0.15) is 0 Å². The van der Waals surface area contributed by atoms with Gasteiger partial charge in [-0.1, -0.05) is 91.0 Å². The normalized spacial score (nSPS) is 24.9. The maximum absolute atomic E-state index is 11.9. The minimum atomic E-state index is -0.735. The van der Waals surface area contributed by atoms with E-state index in [1.54, 1.807) is 0 Å². The van der Waals surface area contributed by atoms with E-state index >= 15 is 0 Å². The Balaban J connectivity index is 1.54. The van der Waals surface area contributed by atoms with Crippen LogP contribution < -0.4 is 0 Å². The van der Waals surface area contributed by atoms with E-state index in [1.807, 2.05) is 97.9 Å². The van der Waals surface area contributed by atoms with Crippen LogP contribution in [0.1, 0.15) is 23.6 Å². The minimum Gasteiger partial charge on any atom is -0.368 e. The van der Waals surface area contributed by atoms with Crippen LogP contribution in [0.4, 0.5) is 0 Å². The highest BCUT2D eigenvalue weighted by molar-refractivity contribution is 5.58. The largest absolute Gasteiger partial charge is 0.368 e. The summed E-state index contributed by atoms with van der Waals surface area (Å²) in [6.45, 7) is 3.07. The molecule has 4 rings (SSSR count). The van der Waals surface area contributed by atoms with Crippen molar-refractivity contribution < 1.29 is 23.7 Å². The lowest BCUT2D eigenvalue weighted by atomic mass is 9.95. The van der Waals surface area contributed by atoms with Crippen LogP contribution >= 0.6 is 0 Å². The molecule has 0 aromatic heterocycles. The van der Waals surface area contributed by atoms with Gasteiger partial charge < -0.3 is 23.7 Å². The standard InChI is InChI=1S/C28H30O5/c1-21-26(30-18-22-11-5-2-6-12-22)28(32-20-24-15-9-4-10-16-24)27(25(17-29)33-21)31-19-23-13-7-3-8-14-23/h2-17,21,25-28H,18-20H2,1H3/t21-,25-,26+,27+,28+/m0/s1. The van der Waals surface area contributed by atoms with Gasteiger partial charge in [0.2, 0.25) is 0 Å². The lowest BCUT2D eigenvalue weighted by Gasteiger charge is -2.43. The minimum absolute atomic E-state index is 0.332. The molecule has 1 fully saturated rings. The second kappa shape index (κ2) is 11.9. The molecule has 5 nitrogen and oxygen atoms in total. The Morgan fingerprint density at radius 3 is 1.45 bits per heavy atom. The third-order valence-electron chi connectivity index (χ3n) is 5.80. The quantitative estimate of drug-likeness (QED) is 0.422. The maximum atomic E-state index is 11.9. The van der Waals surface area contributed by atoms with Gasteiger partial charge in [0, 0.05) is 0 Å². The van der Waals surface area contributed by atoms with Crippen LogP contribution in [0, 0.1) is 0 Å². The maximum Gasteiger partial charge on any atom is 0.151 e. The predicted octanol–water partition coefficient (Wildman–Crippen LogP) is 4.73. The number of hydrogen-bond donors (Lipinski definition) is 0. The number of aldehydes is 1. The summed E-state index contributed by atoms with van der Waals surface area (Å²) >= 11 is 0. The Labute approximate surface area is 195 Å². The summed E-state index contributed by atoms with van der Waals surface area (Å²) in [6.07, 6.45) is -1.73. The smallest absolute Gasteiger partial charge is 0.151 e. The lowest BCUT2D eigenvalue weighted by Crippen LogP contribution is -2.59. The first-order valence-electron chi connectivity index (χ1n) is 11.3. The number of carbonyl (C=O) groups is 1. The summed E-state index contributed by atoms with van der Waals surface area (Å²) in [5.74, 6) is 0. The van der Waals surface area contributed by atoms with Crippen LogP contribution in [0.25, 0.3) is 0 Å². The second-order valence-electron chi connectivity index (χ2n) is 8.23. The topological polar surface area (TPSA) is 54.0 Å². The summed E-state index contributed by atoms with van der Waals surface area (Å²) in [4.78, 5) is 11.9. The number of hydrogen-bond acceptors (Lipinski definition) is 5. The van der Waals surface area contributed by atoms with Crippen LogP contribution in [0.15, 0.2) is 91.0 Å². The molecule has 0 radical (unpaired) electrons. The predicted molar refractivity (Wildman–Crippen MR) is 125 cm³/mol. The SMILES string of the molecule is C[C@@H]1O[C@@H](C=O)[C@@H](OCc2ccccc2)[C@H](OCc2ccccc2)[C@@H]1OCc1ccccc1. The Hall–Kier alpha value is -2.83. The first-order chi connectivity index (χ1) is 16.2. The van der Waals surface area contributed by atoms with Gasteiger partial charge in [-0.3, -0.25) is 0 Å². The summed E-state index contributed by atoms with van der Waals surface area (Å²) in [5.41, 5.74) is 3.12. The second-order valence-corrected chi connectivity index (χ2v) is 8.23. The van der Waals surface area contributed by atoms with Crippen molar-refractivity contribution >= 4 is 6.29 Å². The fourth-order valence-electron chi connectivity index (χ4n) is 4.06. The van der Waals surface area contributed by atoms with Gasteiger partial charge in [0.1, 0.15) is 24.4 Å². The third kappa shape index (κ3) is 6.36. The molecule has 3 aromatic rings. The number of rotatable bonds is 10. The first kappa shape index (κ1) is 23.3. The Bertz CT molecular complexity index is 963. The zero-order valence-corrected chi connectivity index (χ0v) is 18.8. The summed E-state index contributed by atoms with van der Waals surface area (Å²) in [5, 5.41) is 0. The molecule has 172 valence electrons. The van der Waals surface area contributed by atoms with E-state index in [0.717, 1.165) is 23.0 Å². The molecule has 5 atom stereocenters. The van der Waals surface area contributed by atoms with Crippen LogP contribution in [0.3, 0.4) is 0 Å². The molecule has 1 aliphatic heterocycles. The molecule has 0 unspecified atom stereocenters. The Kier molecular flexibility index (Phi) is 8.39. The molecule has 0 N–H and O–H groups in total. The molecule has 3 aromatic carbocycles. The van der Waals surface area contributed by atoms with E-state index in [1.165, 1.54) is 0 Å². The van der Waals surface area contributed by atoms with Crippen molar-refractivity contribution in [2.45, 2.75) is 57.3 Å². The van der Waals surface area contributed by atoms with Crippen molar-refractivity contribution in [3.63, 3.8) is 0 Å². The van der Waals surface area contributed by atoms with E-state index in [0.29, 0.717) is 19.8 Å². The van der Waals surface area contributed by atoms with Gasteiger partial charge in [0.05, 0.1) is 25.9 Å². The molecular weight excluding hydrogens is 416 g/mol. The molecular formula is C28H30O5. The fraction of sp³-hybridized carbons (Fsp3) is 0.321. The van der Waals surface area contributed by atoms with Gasteiger partial charge in [-0.15, -0.1) is 0 Å². The van der Waals surface area contributed by atoms with Gasteiger partial charge in [-0.05, 0) is 23.6 Å². The van der Waals surface area contributed by atoms with Crippen LogP contribution in [0.2, 0.25) is 0 Å². The molecule has 33 heavy (non-hydrogen) atoms. The molecule has 0 spiro atoms. The molecule has 1 aliphatic rings. The van der Waals surface area contributed by atoms with Crippen LogP contribution in [-0.2, 0) is 43.6 Å². The highest BCUT2D eigenvalue weighted by Crippen LogP contribution is 2.29. The fourth-order valence-corrected chi connectivity index (χ4v) is 4.06. The average Bonchev–Trinajstić information content (AvgIpc) is 2.87. The highest BCUT2D eigenvalue weighted by Gasteiger charge is 2.46. The van der Waals surface area contributed by atoms with E-state index in [4.69, 9.17) is 18.9 Å². The molecule has 1 saturated heterocycles.